The topological polar surface area (TPSA) is 48.5 Å². The van der Waals surface area contributed by atoms with E-state index in [2.05, 4.69) is 53.0 Å². The smallest absolute Gasteiger partial charge is 0.274 e. The summed E-state index contributed by atoms with van der Waals surface area (Å²) in [6.45, 7) is 12.6. The summed E-state index contributed by atoms with van der Waals surface area (Å²) in [6, 6.07) is 10.1. The van der Waals surface area contributed by atoms with E-state index in [1.807, 2.05) is 25.1 Å². The third-order valence-electron chi connectivity index (χ3n) is 5.71. The first-order valence-electron chi connectivity index (χ1n) is 10.4. The Morgan fingerprint density at radius 3 is 2.54 bits per heavy atom. The number of carbonyl (C=O) groups excluding carboxylic acids is 1. The number of pyridine rings is 1. The number of hydrogen-bond acceptors (Lipinski definition) is 4. The maximum absolute atomic E-state index is 12.8. The van der Waals surface area contributed by atoms with Crippen LogP contribution in [0.4, 0.5) is 17.1 Å². The molecule has 5 heteroatoms. The molecule has 1 aromatic carbocycles. The summed E-state index contributed by atoms with van der Waals surface area (Å²) in [6.07, 6.45) is 4.13. The predicted octanol–water partition coefficient (Wildman–Crippen LogP) is 4.72. The molecule has 1 N–H and O–H groups in total. The van der Waals surface area contributed by atoms with Crippen LogP contribution in [0.5, 0.6) is 0 Å². The molecule has 0 spiro atoms. The summed E-state index contributed by atoms with van der Waals surface area (Å²) in [5.74, 6) is 0.620. The number of nitrogens with zero attached hydrogens (tertiary/aromatic N) is 3. The Morgan fingerprint density at radius 1 is 1.18 bits per heavy atom. The van der Waals surface area contributed by atoms with Crippen molar-refractivity contribution in [3.05, 3.63) is 47.8 Å². The van der Waals surface area contributed by atoms with Gasteiger partial charge in [0, 0.05) is 49.4 Å². The highest BCUT2D eigenvalue weighted by Gasteiger charge is 2.18. The lowest BCUT2D eigenvalue weighted by Gasteiger charge is -2.32. The van der Waals surface area contributed by atoms with Gasteiger partial charge in [0.25, 0.3) is 5.91 Å². The molecular weight excluding hydrogens is 348 g/mol. The fourth-order valence-electron chi connectivity index (χ4n) is 3.77. The minimum absolute atomic E-state index is 0.161. The molecule has 5 nitrogen and oxygen atoms in total. The molecule has 1 amide bonds. The molecular formula is C23H32N4O. The van der Waals surface area contributed by atoms with E-state index in [1.54, 1.807) is 6.20 Å². The second kappa shape index (κ2) is 9.09. The normalized spacial score (nSPS) is 14.8. The molecule has 0 radical (unpaired) electrons. The van der Waals surface area contributed by atoms with E-state index in [-0.39, 0.29) is 5.91 Å². The van der Waals surface area contributed by atoms with Crippen LogP contribution in [0, 0.1) is 12.8 Å². The second-order valence-corrected chi connectivity index (χ2v) is 7.69. The molecule has 2 heterocycles. The van der Waals surface area contributed by atoms with Crippen LogP contribution in [0.1, 0.15) is 49.7 Å². The number of piperidine rings is 1. The van der Waals surface area contributed by atoms with Crippen LogP contribution in [0.2, 0.25) is 0 Å². The van der Waals surface area contributed by atoms with Crippen LogP contribution in [-0.2, 0) is 0 Å². The average Bonchev–Trinajstić information content (AvgIpc) is 2.71. The molecule has 0 unspecified atom stereocenters. The van der Waals surface area contributed by atoms with Gasteiger partial charge in [-0.3, -0.25) is 9.78 Å². The highest BCUT2D eigenvalue weighted by Crippen LogP contribution is 2.25. The van der Waals surface area contributed by atoms with Gasteiger partial charge in [0.2, 0.25) is 0 Å². The van der Waals surface area contributed by atoms with E-state index >= 15 is 0 Å². The Morgan fingerprint density at radius 2 is 1.89 bits per heavy atom. The lowest BCUT2D eigenvalue weighted by atomic mass is 9.99. The zero-order valence-electron chi connectivity index (χ0n) is 17.5. The van der Waals surface area contributed by atoms with Crippen molar-refractivity contribution in [3.8, 4) is 0 Å². The molecule has 1 aromatic heterocycles. The number of nitrogens with one attached hydrogen (secondary N) is 1. The van der Waals surface area contributed by atoms with Crippen LogP contribution >= 0.6 is 0 Å². The maximum Gasteiger partial charge on any atom is 0.274 e. The number of carbonyl (C=O) groups is 1. The van der Waals surface area contributed by atoms with Gasteiger partial charge in [0.15, 0.2) is 0 Å². The Bertz CT molecular complexity index is 808. The number of rotatable bonds is 6. The number of aryl methyl sites for hydroxylation is 1. The minimum atomic E-state index is -0.161. The Balaban J connectivity index is 1.72. The molecule has 2 aromatic rings. The molecule has 0 atom stereocenters. The van der Waals surface area contributed by atoms with E-state index in [0.29, 0.717) is 5.69 Å². The van der Waals surface area contributed by atoms with Crippen LogP contribution < -0.4 is 15.1 Å². The van der Waals surface area contributed by atoms with E-state index < -0.39 is 0 Å². The van der Waals surface area contributed by atoms with Crippen LogP contribution in [0.15, 0.2) is 36.5 Å². The Labute approximate surface area is 168 Å². The fraction of sp³-hybridized carbons (Fsp3) is 0.478. The monoisotopic (exact) mass is 380 g/mol. The Kier molecular flexibility index (Phi) is 6.55. The van der Waals surface area contributed by atoms with Gasteiger partial charge in [0.05, 0.1) is 0 Å². The van der Waals surface area contributed by atoms with E-state index in [1.165, 1.54) is 18.5 Å². The third-order valence-corrected chi connectivity index (χ3v) is 5.71. The second-order valence-electron chi connectivity index (χ2n) is 7.69. The number of anilines is 3. The largest absolute Gasteiger partial charge is 0.372 e. The van der Waals surface area contributed by atoms with E-state index in [0.717, 1.165) is 49.0 Å². The van der Waals surface area contributed by atoms with Gasteiger partial charge in [-0.05, 0) is 75.4 Å². The first-order chi connectivity index (χ1) is 13.5. The highest BCUT2D eigenvalue weighted by molar-refractivity contribution is 6.03. The van der Waals surface area contributed by atoms with Crippen molar-refractivity contribution in [1.29, 1.82) is 0 Å². The van der Waals surface area contributed by atoms with Gasteiger partial charge in [-0.1, -0.05) is 6.92 Å². The average molecular weight is 381 g/mol. The molecule has 28 heavy (non-hydrogen) atoms. The maximum atomic E-state index is 12.8. The summed E-state index contributed by atoms with van der Waals surface area (Å²) in [5.41, 5.74) is 4.61. The van der Waals surface area contributed by atoms with Gasteiger partial charge >= 0.3 is 0 Å². The van der Waals surface area contributed by atoms with Crippen molar-refractivity contribution in [2.75, 3.05) is 41.3 Å². The van der Waals surface area contributed by atoms with Gasteiger partial charge in [-0.25, -0.2) is 0 Å². The first kappa shape index (κ1) is 20.2. The van der Waals surface area contributed by atoms with Crippen molar-refractivity contribution >= 4 is 23.0 Å². The van der Waals surface area contributed by atoms with Crippen molar-refractivity contribution < 1.29 is 4.79 Å². The molecule has 0 aliphatic carbocycles. The fourth-order valence-corrected chi connectivity index (χ4v) is 3.77. The SMILES string of the molecule is CCN(CC)c1ccc(NC(=O)c2cc(N3CCC(C)CC3)ccn2)c(C)c1. The van der Waals surface area contributed by atoms with E-state index in [9.17, 15) is 4.79 Å². The summed E-state index contributed by atoms with van der Waals surface area (Å²) in [5, 5.41) is 3.03. The first-order valence-corrected chi connectivity index (χ1v) is 10.4. The number of amides is 1. The summed E-state index contributed by atoms with van der Waals surface area (Å²) < 4.78 is 0. The Hall–Kier alpha value is -2.56. The van der Waals surface area contributed by atoms with Crippen molar-refractivity contribution in [2.24, 2.45) is 5.92 Å². The summed E-state index contributed by atoms with van der Waals surface area (Å²) in [4.78, 5) is 21.7. The molecule has 1 fully saturated rings. The van der Waals surface area contributed by atoms with Crippen LogP contribution in [0.3, 0.4) is 0 Å². The predicted molar refractivity (Wildman–Crippen MR) is 118 cm³/mol. The van der Waals surface area contributed by atoms with E-state index in [4.69, 9.17) is 0 Å². The van der Waals surface area contributed by atoms with Crippen LogP contribution in [-0.4, -0.2) is 37.1 Å². The van der Waals surface area contributed by atoms with Crippen LogP contribution in [0.25, 0.3) is 0 Å². The zero-order chi connectivity index (χ0) is 20.1. The van der Waals surface area contributed by atoms with Crippen molar-refractivity contribution in [1.82, 2.24) is 4.98 Å². The quantitative estimate of drug-likeness (QED) is 0.787. The number of aromatic nitrogens is 1. The number of benzene rings is 1. The number of hydrogen-bond donors (Lipinski definition) is 1. The highest BCUT2D eigenvalue weighted by atomic mass is 16.1. The molecule has 0 saturated carbocycles. The third kappa shape index (κ3) is 4.64. The minimum Gasteiger partial charge on any atom is -0.372 e. The molecule has 1 aliphatic heterocycles. The molecule has 0 bridgehead atoms. The lowest BCUT2D eigenvalue weighted by molar-refractivity contribution is 0.102. The lowest BCUT2D eigenvalue weighted by Crippen LogP contribution is -2.33. The standard InChI is InChI=1S/C23H32N4O/c1-5-26(6-2)19-7-8-21(18(4)15-19)25-23(28)22-16-20(9-12-24-22)27-13-10-17(3)11-14-27/h7-9,12,15-17H,5-6,10-11,13-14H2,1-4H3,(H,25,28). The molecule has 1 aliphatic rings. The molecule has 3 rings (SSSR count). The molecule has 150 valence electrons. The molecule has 1 saturated heterocycles. The van der Waals surface area contributed by atoms with Gasteiger partial charge < -0.3 is 15.1 Å². The van der Waals surface area contributed by atoms with Crippen molar-refractivity contribution in [3.63, 3.8) is 0 Å². The zero-order valence-corrected chi connectivity index (χ0v) is 17.5. The van der Waals surface area contributed by atoms with Crippen molar-refractivity contribution in [2.45, 2.75) is 40.5 Å². The van der Waals surface area contributed by atoms with Gasteiger partial charge in [-0.2, -0.15) is 0 Å². The van der Waals surface area contributed by atoms with Gasteiger partial charge in [0.1, 0.15) is 5.69 Å². The summed E-state index contributed by atoms with van der Waals surface area (Å²) >= 11 is 0. The van der Waals surface area contributed by atoms with Gasteiger partial charge in [-0.15, -0.1) is 0 Å². The summed E-state index contributed by atoms with van der Waals surface area (Å²) in [7, 11) is 0.